The van der Waals surface area contributed by atoms with Crippen LogP contribution in [0.15, 0.2) is 48.6 Å². The largest absolute Gasteiger partial charge is 0.508 e. The van der Waals surface area contributed by atoms with Crippen molar-refractivity contribution in [1.82, 2.24) is 0 Å². The molecule has 0 amide bonds. The summed E-state index contributed by atoms with van der Waals surface area (Å²) in [6.45, 7) is 1.76. The summed E-state index contributed by atoms with van der Waals surface area (Å²) < 4.78 is 4.95. The van der Waals surface area contributed by atoms with E-state index in [2.05, 4.69) is 0 Å². The maximum Gasteiger partial charge on any atom is 0.163 e. The molecule has 0 aromatic heterocycles. The summed E-state index contributed by atoms with van der Waals surface area (Å²) in [6.07, 6.45) is 5.54. The van der Waals surface area contributed by atoms with Crippen LogP contribution in [-0.4, -0.2) is 28.9 Å². The van der Waals surface area contributed by atoms with Crippen LogP contribution in [0.25, 0.3) is 12.2 Å². The van der Waals surface area contributed by atoms with Gasteiger partial charge in [0.2, 0.25) is 0 Å². The molecule has 0 spiro atoms. The van der Waals surface area contributed by atoms with Crippen LogP contribution >= 0.6 is 0 Å². The van der Waals surface area contributed by atoms with Crippen LogP contribution in [0.2, 0.25) is 0 Å². The lowest BCUT2D eigenvalue weighted by Gasteiger charge is -2.03. The Labute approximate surface area is 151 Å². The van der Waals surface area contributed by atoms with Gasteiger partial charge in [0.1, 0.15) is 5.75 Å². The van der Waals surface area contributed by atoms with Crippen molar-refractivity contribution in [3.63, 3.8) is 0 Å². The molecule has 26 heavy (non-hydrogen) atoms. The average Bonchev–Trinajstić information content (AvgIpc) is 2.61. The number of rotatable bonds is 7. The monoisotopic (exact) mass is 352 g/mol. The Kier molecular flexibility index (Phi) is 6.33. The van der Waals surface area contributed by atoms with E-state index >= 15 is 0 Å². The van der Waals surface area contributed by atoms with Crippen LogP contribution in [0, 0.1) is 6.92 Å². The van der Waals surface area contributed by atoms with Crippen molar-refractivity contribution in [2.24, 2.45) is 0 Å². The van der Waals surface area contributed by atoms with Gasteiger partial charge >= 0.3 is 0 Å². The van der Waals surface area contributed by atoms with Gasteiger partial charge in [-0.25, -0.2) is 0 Å². The highest BCUT2D eigenvalue weighted by Crippen LogP contribution is 2.26. The first-order chi connectivity index (χ1) is 12.4. The van der Waals surface area contributed by atoms with Gasteiger partial charge in [-0.05, 0) is 60.0 Å². The van der Waals surface area contributed by atoms with E-state index in [0.29, 0.717) is 16.9 Å². The Morgan fingerprint density at radius 3 is 2.04 bits per heavy atom. The van der Waals surface area contributed by atoms with Gasteiger partial charge in [0.25, 0.3) is 0 Å². The highest BCUT2D eigenvalue weighted by Gasteiger charge is 2.05. The van der Waals surface area contributed by atoms with E-state index in [1.807, 2.05) is 0 Å². The molecule has 2 N–H and O–H groups in total. The molecule has 134 valence electrons. The molecule has 0 bridgehead atoms. The van der Waals surface area contributed by atoms with Crippen LogP contribution < -0.4 is 4.74 Å². The zero-order valence-electron chi connectivity index (χ0n) is 14.6. The molecule has 0 unspecified atom stereocenters. The summed E-state index contributed by atoms with van der Waals surface area (Å²) in [5.41, 5.74) is 2.10. The highest BCUT2D eigenvalue weighted by molar-refractivity contribution is 6.10. The number of phenols is 2. The summed E-state index contributed by atoms with van der Waals surface area (Å²) in [6, 6.07) is 9.74. The Balaban J connectivity index is 1.94. The molecule has 0 fully saturated rings. The van der Waals surface area contributed by atoms with E-state index in [0.717, 1.165) is 5.56 Å². The van der Waals surface area contributed by atoms with Crippen molar-refractivity contribution in [2.75, 3.05) is 7.11 Å². The molecular weight excluding hydrogens is 332 g/mol. The molecule has 0 radical (unpaired) electrons. The predicted octanol–water partition coefficient (Wildman–Crippen LogP) is 3.67. The lowest BCUT2D eigenvalue weighted by atomic mass is 10.1. The quantitative estimate of drug-likeness (QED) is 0.587. The third kappa shape index (κ3) is 5.34. The first kappa shape index (κ1) is 19.0. The predicted molar refractivity (Wildman–Crippen MR) is 100 cm³/mol. The SMILES string of the molecule is COc1ccc(/C=C/C(=O)CC(=O)/C=C/c2ccc(O)c(C)c2)cc1O. The van der Waals surface area contributed by atoms with Crippen molar-refractivity contribution >= 4 is 23.7 Å². The van der Waals surface area contributed by atoms with Crippen molar-refractivity contribution in [3.05, 3.63) is 65.2 Å². The van der Waals surface area contributed by atoms with E-state index in [1.54, 1.807) is 43.3 Å². The van der Waals surface area contributed by atoms with Gasteiger partial charge in [-0.1, -0.05) is 24.3 Å². The van der Waals surface area contributed by atoms with Gasteiger partial charge in [0.15, 0.2) is 23.1 Å². The number of allylic oxidation sites excluding steroid dienone is 2. The second-order valence-electron chi connectivity index (χ2n) is 5.75. The number of carbonyl (C=O) groups is 2. The van der Waals surface area contributed by atoms with Gasteiger partial charge < -0.3 is 14.9 Å². The van der Waals surface area contributed by atoms with Gasteiger partial charge in [-0.15, -0.1) is 0 Å². The number of ketones is 2. The number of phenolic OH excluding ortho intramolecular Hbond substituents is 2. The standard InChI is InChI=1S/C21H20O5/c1-14-11-15(5-9-19(14)24)3-7-17(22)13-18(23)8-4-16-6-10-21(26-2)20(25)12-16/h3-12,24-25H,13H2,1-2H3/b7-3+,8-4+. The second kappa shape index (κ2) is 8.67. The Morgan fingerprint density at radius 2 is 1.50 bits per heavy atom. The second-order valence-corrected chi connectivity index (χ2v) is 5.75. The third-order valence-corrected chi connectivity index (χ3v) is 3.70. The Bertz CT molecular complexity index is 878. The fourth-order valence-corrected chi connectivity index (χ4v) is 2.26. The van der Waals surface area contributed by atoms with Gasteiger partial charge in [0, 0.05) is 0 Å². The molecule has 0 aliphatic heterocycles. The lowest BCUT2D eigenvalue weighted by Crippen LogP contribution is -2.01. The van der Waals surface area contributed by atoms with Crippen molar-refractivity contribution in [1.29, 1.82) is 0 Å². The number of aromatic hydroxyl groups is 2. The Morgan fingerprint density at radius 1 is 0.923 bits per heavy atom. The van der Waals surface area contributed by atoms with Crippen LogP contribution in [0.3, 0.4) is 0 Å². The molecule has 2 aromatic carbocycles. The van der Waals surface area contributed by atoms with Crippen LogP contribution in [-0.2, 0) is 9.59 Å². The van der Waals surface area contributed by atoms with E-state index in [9.17, 15) is 19.8 Å². The van der Waals surface area contributed by atoms with E-state index in [-0.39, 0.29) is 29.5 Å². The first-order valence-corrected chi connectivity index (χ1v) is 7.97. The maximum atomic E-state index is 11.9. The molecule has 0 saturated carbocycles. The van der Waals surface area contributed by atoms with Crippen LogP contribution in [0.4, 0.5) is 0 Å². The molecular formula is C21H20O5. The molecule has 0 saturated heterocycles. The molecule has 0 heterocycles. The highest BCUT2D eigenvalue weighted by atomic mass is 16.5. The average molecular weight is 352 g/mol. The minimum Gasteiger partial charge on any atom is -0.508 e. The summed E-state index contributed by atoms with van der Waals surface area (Å²) in [4.78, 5) is 23.8. The number of carbonyl (C=O) groups excluding carboxylic acids is 2. The van der Waals surface area contributed by atoms with Gasteiger partial charge in [-0.2, -0.15) is 0 Å². The summed E-state index contributed by atoms with van der Waals surface area (Å²) in [5, 5.41) is 19.2. The van der Waals surface area contributed by atoms with E-state index in [1.165, 1.54) is 31.4 Å². The fourth-order valence-electron chi connectivity index (χ4n) is 2.26. The van der Waals surface area contributed by atoms with Crippen LogP contribution in [0.1, 0.15) is 23.1 Å². The minimum absolute atomic E-state index is 0.0229. The van der Waals surface area contributed by atoms with E-state index in [4.69, 9.17) is 4.74 Å². The van der Waals surface area contributed by atoms with Crippen molar-refractivity contribution in [3.8, 4) is 17.2 Å². The lowest BCUT2D eigenvalue weighted by molar-refractivity contribution is -0.121. The Hall–Kier alpha value is -3.34. The van der Waals surface area contributed by atoms with Gasteiger partial charge in [0.05, 0.1) is 13.5 Å². The molecule has 0 aliphatic carbocycles. The molecule has 0 atom stereocenters. The third-order valence-electron chi connectivity index (χ3n) is 3.70. The number of methoxy groups -OCH3 is 1. The fraction of sp³-hybridized carbons (Fsp3) is 0.143. The van der Waals surface area contributed by atoms with Crippen molar-refractivity contribution in [2.45, 2.75) is 13.3 Å². The smallest absolute Gasteiger partial charge is 0.163 e. The number of aryl methyl sites for hydroxylation is 1. The normalized spacial score (nSPS) is 11.2. The van der Waals surface area contributed by atoms with Gasteiger partial charge in [-0.3, -0.25) is 9.59 Å². The molecule has 5 heteroatoms. The number of ether oxygens (including phenoxy) is 1. The summed E-state index contributed by atoms with van der Waals surface area (Å²) in [5.74, 6) is -0.137. The summed E-state index contributed by atoms with van der Waals surface area (Å²) >= 11 is 0. The summed E-state index contributed by atoms with van der Waals surface area (Å²) in [7, 11) is 1.45. The molecule has 2 aromatic rings. The first-order valence-electron chi connectivity index (χ1n) is 7.97. The number of hydrogen-bond acceptors (Lipinski definition) is 5. The molecule has 2 rings (SSSR count). The van der Waals surface area contributed by atoms with E-state index < -0.39 is 0 Å². The number of benzene rings is 2. The molecule has 0 aliphatic rings. The van der Waals surface area contributed by atoms with Crippen LogP contribution in [0.5, 0.6) is 17.2 Å². The molecule has 5 nitrogen and oxygen atoms in total. The number of hydrogen-bond donors (Lipinski definition) is 2. The van der Waals surface area contributed by atoms with Crippen molar-refractivity contribution < 1.29 is 24.5 Å². The zero-order valence-corrected chi connectivity index (χ0v) is 14.6. The minimum atomic E-state index is -0.336. The topological polar surface area (TPSA) is 83.8 Å². The zero-order chi connectivity index (χ0) is 19.1. The maximum absolute atomic E-state index is 11.9.